The summed E-state index contributed by atoms with van der Waals surface area (Å²) in [7, 11) is 1.94. The number of esters is 1. The third-order valence-corrected chi connectivity index (χ3v) is 6.36. The molecule has 9 heteroatoms. The summed E-state index contributed by atoms with van der Waals surface area (Å²) >= 11 is 0. The van der Waals surface area contributed by atoms with E-state index in [1.54, 1.807) is 12.1 Å². The van der Waals surface area contributed by atoms with Gasteiger partial charge in [0.25, 0.3) is 0 Å². The van der Waals surface area contributed by atoms with Crippen LogP contribution in [-0.2, 0) is 25.7 Å². The van der Waals surface area contributed by atoms with Crippen molar-refractivity contribution < 1.29 is 28.6 Å². The van der Waals surface area contributed by atoms with Gasteiger partial charge in [0.2, 0.25) is 5.91 Å². The van der Waals surface area contributed by atoms with E-state index in [0.29, 0.717) is 25.3 Å². The van der Waals surface area contributed by atoms with Crippen molar-refractivity contribution in [2.24, 2.45) is 0 Å². The van der Waals surface area contributed by atoms with Crippen LogP contribution in [0.5, 0.6) is 5.75 Å². The molecule has 0 aromatic heterocycles. The van der Waals surface area contributed by atoms with Crippen molar-refractivity contribution in [2.45, 2.75) is 91.9 Å². The summed E-state index contributed by atoms with van der Waals surface area (Å²) in [5, 5.41) is 8.78. The van der Waals surface area contributed by atoms with E-state index < -0.39 is 6.09 Å². The first kappa shape index (κ1) is 31.4. The number of carbonyl (C=O) groups excluding carboxylic acids is 3. The monoisotopic (exact) mass is 507 g/mol. The summed E-state index contributed by atoms with van der Waals surface area (Å²) in [6.07, 6.45) is 1.97. The van der Waals surface area contributed by atoms with Gasteiger partial charge in [-0.15, -0.1) is 0 Å². The topological polar surface area (TPSA) is 115 Å². The maximum atomic E-state index is 12.2. The van der Waals surface area contributed by atoms with Gasteiger partial charge < -0.3 is 30.2 Å². The molecule has 3 N–H and O–H groups in total. The zero-order chi connectivity index (χ0) is 27.4. The molecule has 0 fully saturated rings. The van der Waals surface area contributed by atoms with Crippen LogP contribution in [0.4, 0.5) is 4.79 Å². The number of hydrogen-bond acceptors (Lipinski definition) is 7. The molecule has 9 nitrogen and oxygen atoms in total. The van der Waals surface area contributed by atoms with Crippen molar-refractivity contribution in [3.63, 3.8) is 0 Å². The maximum absolute atomic E-state index is 12.2. The normalized spacial score (nSPS) is 13.0. The third kappa shape index (κ3) is 11.9. The average Bonchev–Trinajstić information content (AvgIpc) is 2.80. The van der Waals surface area contributed by atoms with Crippen LogP contribution in [0.1, 0.15) is 77.0 Å². The number of amides is 2. The highest BCUT2D eigenvalue weighted by Crippen LogP contribution is 2.25. The van der Waals surface area contributed by atoms with E-state index in [9.17, 15) is 14.4 Å². The van der Waals surface area contributed by atoms with E-state index in [2.05, 4.69) is 43.6 Å². The molecule has 0 radical (unpaired) electrons. The van der Waals surface area contributed by atoms with E-state index in [1.807, 2.05) is 20.9 Å². The Kier molecular flexibility index (Phi) is 12.9. The van der Waals surface area contributed by atoms with Gasteiger partial charge in [-0.2, -0.15) is 0 Å². The highest BCUT2D eigenvalue weighted by molar-refractivity contribution is 5.77. The van der Waals surface area contributed by atoms with Crippen molar-refractivity contribution in [3.8, 4) is 5.75 Å². The first-order valence-electron chi connectivity index (χ1n) is 12.6. The fraction of sp³-hybridized carbons (Fsp3) is 0.667. The van der Waals surface area contributed by atoms with Gasteiger partial charge in [0.15, 0.2) is 0 Å². The molecule has 0 saturated carbocycles. The van der Waals surface area contributed by atoms with Crippen LogP contribution in [0, 0.1) is 13.8 Å². The van der Waals surface area contributed by atoms with Gasteiger partial charge in [0.05, 0.1) is 5.60 Å². The van der Waals surface area contributed by atoms with E-state index in [1.165, 1.54) is 6.92 Å². The Balaban J connectivity index is 2.39. The number of aryl methyl sites for hydroxylation is 2. The molecule has 0 heterocycles. The lowest BCUT2D eigenvalue weighted by Crippen LogP contribution is -2.40. The molecular formula is C27H45N3O6. The first-order chi connectivity index (χ1) is 16.8. The Morgan fingerprint density at radius 2 is 1.61 bits per heavy atom. The number of carbonyl (C=O) groups is 3. The Morgan fingerprint density at radius 1 is 0.972 bits per heavy atom. The summed E-state index contributed by atoms with van der Waals surface area (Å²) < 4.78 is 16.6. The van der Waals surface area contributed by atoms with Gasteiger partial charge in [-0.1, -0.05) is 6.92 Å². The second-order valence-corrected chi connectivity index (χ2v) is 10.0. The highest BCUT2D eigenvalue weighted by Gasteiger charge is 2.24. The molecule has 0 bridgehead atoms. The molecule has 0 spiro atoms. The molecule has 1 atom stereocenters. The fourth-order valence-corrected chi connectivity index (χ4v) is 3.46. The summed E-state index contributed by atoms with van der Waals surface area (Å²) in [6.45, 7) is 14.9. The van der Waals surface area contributed by atoms with Crippen molar-refractivity contribution in [1.29, 1.82) is 0 Å². The number of rotatable bonds is 15. The van der Waals surface area contributed by atoms with E-state index >= 15 is 0 Å². The molecule has 36 heavy (non-hydrogen) atoms. The zero-order valence-electron chi connectivity index (χ0n) is 23.3. The largest absolute Gasteiger partial charge is 0.461 e. The Morgan fingerprint density at radius 3 is 2.17 bits per heavy atom. The highest BCUT2D eigenvalue weighted by atomic mass is 16.6. The van der Waals surface area contributed by atoms with Crippen LogP contribution in [-0.4, -0.2) is 55.9 Å². The Hall–Kier alpha value is -2.65. The fourth-order valence-electron chi connectivity index (χ4n) is 3.46. The SMILES string of the molecule is CCC(C)(CCNC(=O)CCNC(=O)Oc1c(C)cc(COC(C)=O)cc1C)OCCC(C)(C)NC. The van der Waals surface area contributed by atoms with E-state index in [-0.39, 0.29) is 42.6 Å². The standard InChI is InChI=1S/C27H45N3O6/c1-9-27(7,35-15-12-26(5,6)28-8)11-14-29-23(32)10-13-30-25(33)36-24-19(2)16-22(17-20(24)3)18-34-21(4)31/h16-17,28H,9-15,18H2,1-8H3,(H,29,32)(H,30,33). The zero-order valence-corrected chi connectivity index (χ0v) is 23.3. The Labute approximate surface area is 216 Å². The minimum absolute atomic E-state index is 0.0170. The number of hydrogen-bond donors (Lipinski definition) is 3. The van der Waals surface area contributed by atoms with Gasteiger partial charge in [-0.3, -0.25) is 9.59 Å². The minimum atomic E-state index is -0.627. The molecular weight excluding hydrogens is 462 g/mol. The molecule has 1 aromatic carbocycles. The van der Waals surface area contributed by atoms with Crippen molar-refractivity contribution in [2.75, 3.05) is 26.7 Å². The second kappa shape index (κ2) is 14.8. The number of ether oxygens (including phenoxy) is 3. The van der Waals surface area contributed by atoms with Crippen LogP contribution in [0.15, 0.2) is 12.1 Å². The molecule has 2 amide bonds. The maximum Gasteiger partial charge on any atom is 0.412 e. The van der Waals surface area contributed by atoms with Crippen molar-refractivity contribution >= 4 is 18.0 Å². The van der Waals surface area contributed by atoms with Gasteiger partial charge >= 0.3 is 12.1 Å². The Bertz CT molecular complexity index is 863. The molecule has 1 aromatic rings. The lowest BCUT2D eigenvalue weighted by atomic mass is 9.97. The minimum Gasteiger partial charge on any atom is -0.461 e. The smallest absolute Gasteiger partial charge is 0.412 e. The van der Waals surface area contributed by atoms with Gasteiger partial charge in [0.1, 0.15) is 12.4 Å². The van der Waals surface area contributed by atoms with Crippen LogP contribution in [0.2, 0.25) is 0 Å². The van der Waals surface area contributed by atoms with Crippen LogP contribution < -0.4 is 20.7 Å². The van der Waals surface area contributed by atoms with E-state index in [0.717, 1.165) is 29.5 Å². The predicted molar refractivity (Wildman–Crippen MR) is 140 cm³/mol. The van der Waals surface area contributed by atoms with E-state index in [4.69, 9.17) is 14.2 Å². The molecule has 204 valence electrons. The first-order valence-corrected chi connectivity index (χ1v) is 12.6. The predicted octanol–water partition coefficient (Wildman–Crippen LogP) is 3.92. The van der Waals surface area contributed by atoms with Crippen molar-refractivity contribution in [1.82, 2.24) is 16.0 Å². The average molecular weight is 508 g/mol. The molecule has 0 aliphatic rings. The second-order valence-electron chi connectivity index (χ2n) is 10.0. The molecule has 1 unspecified atom stereocenters. The molecule has 0 aliphatic carbocycles. The van der Waals surface area contributed by atoms with Gasteiger partial charge in [0, 0.05) is 38.6 Å². The summed E-state index contributed by atoms with van der Waals surface area (Å²) in [5.41, 5.74) is 2.03. The van der Waals surface area contributed by atoms with Crippen LogP contribution in [0.3, 0.4) is 0 Å². The molecule has 0 saturated heterocycles. The van der Waals surface area contributed by atoms with Crippen LogP contribution in [0.25, 0.3) is 0 Å². The van der Waals surface area contributed by atoms with Gasteiger partial charge in [-0.25, -0.2) is 4.79 Å². The summed E-state index contributed by atoms with van der Waals surface area (Å²) in [6, 6.07) is 3.61. The van der Waals surface area contributed by atoms with Gasteiger partial charge in [-0.05, 0) is 89.8 Å². The summed E-state index contributed by atoms with van der Waals surface area (Å²) in [5.74, 6) is -0.0567. The number of nitrogens with one attached hydrogen (secondary N) is 3. The molecule has 0 aliphatic heterocycles. The third-order valence-electron chi connectivity index (χ3n) is 6.36. The van der Waals surface area contributed by atoms with Crippen molar-refractivity contribution in [3.05, 3.63) is 28.8 Å². The number of benzene rings is 1. The lowest BCUT2D eigenvalue weighted by Gasteiger charge is -2.31. The molecule has 1 rings (SSSR count). The summed E-state index contributed by atoms with van der Waals surface area (Å²) in [4.78, 5) is 35.4. The lowest BCUT2D eigenvalue weighted by molar-refractivity contribution is -0.142. The quantitative estimate of drug-likeness (QED) is 0.308. The van der Waals surface area contributed by atoms with Crippen LogP contribution >= 0.6 is 0 Å².